The van der Waals surface area contributed by atoms with Crippen LogP contribution in [-0.4, -0.2) is 27.6 Å². The summed E-state index contributed by atoms with van der Waals surface area (Å²) in [4.78, 5) is 0. The van der Waals surface area contributed by atoms with E-state index in [2.05, 4.69) is 45.4 Å². The summed E-state index contributed by atoms with van der Waals surface area (Å²) in [7, 11) is -1.90. The lowest BCUT2D eigenvalue weighted by atomic mass is 10.2. The molecule has 18 heavy (non-hydrogen) atoms. The van der Waals surface area contributed by atoms with Crippen molar-refractivity contribution >= 4 is 38.9 Å². The van der Waals surface area contributed by atoms with Gasteiger partial charge >= 0.3 is 0 Å². The van der Waals surface area contributed by atoms with Gasteiger partial charge in [0.15, 0.2) is 0 Å². The van der Waals surface area contributed by atoms with Crippen LogP contribution in [0, 0.1) is 0 Å². The van der Waals surface area contributed by atoms with Crippen LogP contribution in [0.5, 0.6) is 11.5 Å². The number of rotatable bonds is 5. The molecular weight excluding hydrogens is 272 g/mol. The summed E-state index contributed by atoms with van der Waals surface area (Å²) in [6, 6.07) is 4.14. The second-order valence-electron chi connectivity index (χ2n) is 5.67. The van der Waals surface area contributed by atoms with Crippen molar-refractivity contribution in [1.29, 1.82) is 0 Å². The molecular formula is C13H24O2Si3. The monoisotopic (exact) mass is 296 g/mol. The van der Waals surface area contributed by atoms with Crippen molar-refractivity contribution in [1.82, 2.24) is 0 Å². The van der Waals surface area contributed by atoms with Gasteiger partial charge in [-0.15, -0.1) is 0 Å². The first-order valence-electron chi connectivity index (χ1n) is 6.32. The Labute approximate surface area is 116 Å². The predicted molar refractivity (Wildman–Crippen MR) is 89.6 cm³/mol. The van der Waals surface area contributed by atoms with Crippen molar-refractivity contribution in [2.75, 3.05) is 0 Å². The smallest absolute Gasteiger partial charge is 0.242 e. The summed E-state index contributed by atoms with van der Waals surface area (Å²) in [5, 5.41) is 1.34. The Kier molecular flexibility index (Phi) is 5.01. The zero-order valence-corrected chi connectivity index (χ0v) is 16.5. The van der Waals surface area contributed by atoms with E-state index in [1.54, 1.807) is 0 Å². The molecule has 0 amide bonds. The summed E-state index contributed by atoms with van der Waals surface area (Å²) in [6.45, 7) is 15.1. The van der Waals surface area contributed by atoms with Gasteiger partial charge in [-0.1, -0.05) is 31.8 Å². The molecule has 0 radical (unpaired) electrons. The van der Waals surface area contributed by atoms with Crippen LogP contribution in [0.2, 0.25) is 32.7 Å². The second-order valence-corrected chi connectivity index (χ2v) is 13.4. The third-order valence-electron chi connectivity index (χ3n) is 2.61. The Hall–Kier alpha value is -0.789. The molecule has 0 fully saturated rings. The SMILES string of the molecule is C=Cc1ccc(O[Si](C)(C)C)c(O[SiH3])c1[SiH](C)C. The molecule has 0 heterocycles. The Morgan fingerprint density at radius 2 is 1.89 bits per heavy atom. The number of hydrogen-bond donors (Lipinski definition) is 0. The fourth-order valence-corrected chi connectivity index (χ4v) is 5.13. The minimum Gasteiger partial charge on any atom is -0.551 e. The lowest BCUT2D eigenvalue weighted by Gasteiger charge is -2.24. The molecule has 100 valence electrons. The molecule has 0 N–H and O–H groups in total. The van der Waals surface area contributed by atoms with Gasteiger partial charge in [0.25, 0.3) is 0 Å². The van der Waals surface area contributed by atoms with E-state index in [4.69, 9.17) is 8.85 Å². The minimum absolute atomic E-state index is 0.685. The molecule has 5 heteroatoms. The molecule has 1 rings (SSSR count). The average molecular weight is 297 g/mol. The van der Waals surface area contributed by atoms with Crippen LogP contribution in [-0.2, 0) is 0 Å². The van der Waals surface area contributed by atoms with Crippen LogP contribution in [0.25, 0.3) is 6.08 Å². The summed E-state index contributed by atoms with van der Waals surface area (Å²) in [6.07, 6.45) is 1.92. The van der Waals surface area contributed by atoms with Gasteiger partial charge in [0.1, 0.15) is 11.5 Å². The maximum absolute atomic E-state index is 6.14. The molecule has 0 aromatic heterocycles. The van der Waals surface area contributed by atoms with E-state index >= 15 is 0 Å². The van der Waals surface area contributed by atoms with Gasteiger partial charge in [0.05, 0.1) is 8.80 Å². The van der Waals surface area contributed by atoms with E-state index in [0.717, 1.165) is 11.5 Å². The molecule has 0 spiro atoms. The Morgan fingerprint density at radius 1 is 1.28 bits per heavy atom. The first-order chi connectivity index (χ1) is 8.30. The van der Waals surface area contributed by atoms with Gasteiger partial charge in [0.2, 0.25) is 18.8 Å². The first-order valence-corrected chi connectivity index (χ1v) is 13.4. The summed E-state index contributed by atoms with van der Waals surface area (Å²) < 4.78 is 11.9. The molecule has 0 atom stereocenters. The van der Waals surface area contributed by atoms with Gasteiger partial charge in [-0.05, 0) is 36.5 Å². The van der Waals surface area contributed by atoms with Crippen molar-refractivity contribution in [3.63, 3.8) is 0 Å². The van der Waals surface area contributed by atoms with Gasteiger partial charge in [0, 0.05) is 0 Å². The highest BCUT2D eigenvalue weighted by Crippen LogP contribution is 2.29. The number of benzene rings is 1. The Bertz CT molecular complexity index is 437. The average Bonchev–Trinajstić information content (AvgIpc) is 2.26. The zero-order valence-electron chi connectivity index (χ0n) is 12.3. The fraction of sp³-hybridized carbons (Fsp3) is 0.385. The number of hydrogen-bond acceptors (Lipinski definition) is 2. The van der Waals surface area contributed by atoms with Gasteiger partial charge in [-0.3, -0.25) is 0 Å². The van der Waals surface area contributed by atoms with E-state index in [-0.39, 0.29) is 0 Å². The topological polar surface area (TPSA) is 18.5 Å². The fourth-order valence-electron chi connectivity index (χ4n) is 1.99. The molecule has 0 bridgehead atoms. The normalized spacial score (nSPS) is 11.7. The molecule has 0 aliphatic rings. The van der Waals surface area contributed by atoms with Crippen LogP contribution >= 0.6 is 0 Å². The first kappa shape index (κ1) is 15.3. The maximum atomic E-state index is 6.14. The van der Waals surface area contributed by atoms with Crippen LogP contribution < -0.4 is 14.0 Å². The molecule has 1 aromatic carbocycles. The summed E-state index contributed by atoms with van der Waals surface area (Å²) >= 11 is 0. The molecule has 0 unspecified atom stereocenters. The van der Waals surface area contributed by atoms with Crippen LogP contribution in [0.1, 0.15) is 5.56 Å². The zero-order chi connectivity index (χ0) is 13.9. The molecule has 0 aliphatic heterocycles. The minimum atomic E-state index is -1.61. The third kappa shape index (κ3) is 3.60. The van der Waals surface area contributed by atoms with E-state index in [1.165, 1.54) is 10.8 Å². The largest absolute Gasteiger partial charge is 0.551 e. The Balaban J connectivity index is 3.38. The molecule has 0 saturated carbocycles. The highest BCUT2D eigenvalue weighted by Gasteiger charge is 2.22. The van der Waals surface area contributed by atoms with E-state index in [0.29, 0.717) is 10.5 Å². The lowest BCUT2D eigenvalue weighted by molar-refractivity contribution is 0.512. The van der Waals surface area contributed by atoms with Gasteiger partial charge < -0.3 is 8.85 Å². The van der Waals surface area contributed by atoms with Gasteiger partial charge in [-0.25, -0.2) is 0 Å². The van der Waals surface area contributed by atoms with Crippen LogP contribution in [0.15, 0.2) is 18.7 Å². The standard InChI is InChI=1S/C13H24O2Si3/c1-7-10-8-9-11(15-18(4,5)6)12(14-16)13(10)17(2)3/h7-9,17H,1H2,2-6,16H3. The quantitative estimate of drug-likeness (QED) is 0.773. The van der Waals surface area contributed by atoms with E-state index < -0.39 is 17.1 Å². The van der Waals surface area contributed by atoms with E-state index in [9.17, 15) is 0 Å². The molecule has 1 aromatic rings. The van der Waals surface area contributed by atoms with Gasteiger partial charge in [-0.2, -0.15) is 0 Å². The molecule has 0 aliphatic carbocycles. The third-order valence-corrected chi connectivity index (χ3v) is 5.60. The highest BCUT2D eigenvalue weighted by atomic mass is 28.4. The highest BCUT2D eigenvalue weighted by molar-refractivity contribution is 6.73. The summed E-state index contributed by atoms with van der Waals surface area (Å²) in [5.41, 5.74) is 1.20. The Morgan fingerprint density at radius 3 is 2.28 bits per heavy atom. The second kappa shape index (κ2) is 5.90. The van der Waals surface area contributed by atoms with Crippen molar-refractivity contribution in [3.8, 4) is 11.5 Å². The summed E-state index contributed by atoms with van der Waals surface area (Å²) in [5.74, 6) is 1.90. The maximum Gasteiger partial charge on any atom is 0.242 e. The predicted octanol–water partition coefficient (Wildman–Crippen LogP) is 1.90. The van der Waals surface area contributed by atoms with Crippen LogP contribution in [0.3, 0.4) is 0 Å². The van der Waals surface area contributed by atoms with Crippen LogP contribution in [0.4, 0.5) is 0 Å². The molecule has 0 saturated heterocycles. The van der Waals surface area contributed by atoms with E-state index in [1.807, 2.05) is 12.1 Å². The lowest BCUT2D eigenvalue weighted by Crippen LogP contribution is -2.32. The van der Waals surface area contributed by atoms with Crippen molar-refractivity contribution in [2.24, 2.45) is 0 Å². The van der Waals surface area contributed by atoms with Crippen molar-refractivity contribution < 1.29 is 8.85 Å². The van der Waals surface area contributed by atoms with Crippen molar-refractivity contribution in [2.45, 2.75) is 32.7 Å². The van der Waals surface area contributed by atoms with Crippen molar-refractivity contribution in [3.05, 3.63) is 24.3 Å². The molecule has 2 nitrogen and oxygen atoms in total.